The van der Waals surface area contributed by atoms with E-state index in [1.165, 1.54) is 23.4 Å². The zero-order valence-electron chi connectivity index (χ0n) is 17.7. The molecule has 172 valence electrons. The van der Waals surface area contributed by atoms with E-state index in [0.717, 1.165) is 30.7 Å². The first-order valence-corrected chi connectivity index (χ1v) is 10.7. The molecule has 0 aliphatic carbocycles. The number of nitrogens with zero attached hydrogens (tertiary/aromatic N) is 7. The lowest BCUT2D eigenvalue weighted by Crippen LogP contribution is -2.47. The maximum atomic E-state index is 14.6. The Morgan fingerprint density at radius 2 is 1.97 bits per heavy atom. The molecule has 1 fully saturated rings. The highest BCUT2D eigenvalue weighted by Crippen LogP contribution is 2.30. The quantitative estimate of drug-likeness (QED) is 0.509. The number of rotatable bonds is 9. The Balaban J connectivity index is 1.44. The van der Waals surface area contributed by atoms with Crippen LogP contribution in [-0.2, 0) is 18.6 Å². The summed E-state index contributed by atoms with van der Waals surface area (Å²) in [6.07, 6.45) is 7.67. The van der Waals surface area contributed by atoms with E-state index in [9.17, 15) is 13.9 Å². The molecule has 32 heavy (non-hydrogen) atoms. The number of β-amino-alcohol motifs (C(OH)–C–C–N with tert-alkyl or cyclic N) is 1. The minimum Gasteiger partial charge on any atom is -0.396 e. The van der Waals surface area contributed by atoms with Gasteiger partial charge in [0.05, 0.1) is 18.3 Å². The van der Waals surface area contributed by atoms with Gasteiger partial charge >= 0.3 is 0 Å². The summed E-state index contributed by atoms with van der Waals surface area (Å²) in [7, 11) is 0. The van der Waals surface area contributed by atoms with Crippen LogP contribution < -0.4 is 0 Å². The second kappa shape index (κ2) is 9.80. The van der Waals surface area contributed by atoms with Crippen molar-refractivity contribution in [3.05, 3.63) is 59.9 Å². The van der Waals surface area contributed by atoms with Crippen molar-refractivity contribution in [3.63, 3.8) is 0 Å². The highest BCUT2D eigenvalue weighted by molar-refractivity contribution is 5.25. The fourth-order valence-electron chi connectivity index (χ4n) is 4.25. The number of aryl methyl sites for hydroxylation is 1. The number of halogens is 2. The topological polar surface area (TPSA) is 105 Å². The minimum atomic E-state index is -1.61. The van der Waals surface area contributed by atoms with Gasteiger partial charge in [-0.3, -0.25) is 4.90 Å². The molecule has 0 radical (unpaired) electrons. The number of hydrogen-bond acceptors (Lipinski definition) is 7. The van der Waals surface area contributed by atoms with Crippen LogP contribution in [0.1, 0.15) is 36.6 Å². The lowest BCUT2D eigenvalue weighted by Gasteiger charge is -2.38. The number of hydrogen-bond donors (Lipinski definition) is 2. The van der Waals surface area contributed by atoms with Gasteiger partial charge in [-0.25, -0.2) is 23.1 Å². The average Bonchev–Trinajstić information content (AvgIpc) is 3.44. The van der Waals surface area contributed by atoms with Gasteiger partial charge in [0.1, 0.15) is 29.9 Å². The van der Waals surface area contributed by atoms with Crippen molar-refractivity contribution in [2.75, 3.05) is 26.2 Å². The van der Waals surface area contributed by atoms with Gasteiger partial charge in [0.2, 0.25) is 0 Å². The third-order valence-corrected chi connectivity index (χ3v) is 5.89. The molecule has 0 spiro atoms. The number of aromatic nitrogens is 6. The molecule has 1 atom stereocenters. The van der Waals surface area contributed by atoms with Crippen LogP contribution in [0.4, 0.5) is 8.78 Å². The lowest BCUT2D eigenvalue weighted by atomic mass is 9.91. The van der Waals surface area contributed by atoms with Crippen LogP contribution in [0.15, 0.2) is 37.1 Å². The molecule has 1 saturated heterocycles. The van der Waals surface area contributed by atoms with Gasteiger partial charge in [-0.1, -0.05) is 11.3 Å². The summed E-state index contributed by atoms with van der Waals surface area (Å²) in [6, 6.07) is 3.41. The molecule has 3 heterocycles. The first kappa shape index (κ1) is 22.4. The Hall–Kier alpha value is -2.76. The van der Waals surface area contributed by atoms with Gasteiger partial charge < -0.3 is 10.2 Å². The Morgan fingerprint density at radius 1 is 1.16 bits per heavy atom. The summed E-state index contributed by atoms with van der Waals surface area (Å²) in [6.45, 7) is 1.64. The summed E-state index contributed by atoms with van der Waals surface area (Å²) in [4.78, 5) is 5.96. The summed E-state index contributed by atoms with van der Waals surface area (Å²) in [5, 5.41) is 32.9. The lowest BCUT2D eigenvalue weighted by molar-refractivity contribution is -0.0285. The Kier molecular flexibility index (Phi) is 6.87. The van der Waals surface area contributed by atoms with E-state index in [2.05, 4.69) is 25.3 Å². The molecule has 2 aromatic heterocycles. The van der Waals surface area contributed by atoms with Crippen LogP contribution >= 0.6 is 0 Å². The summed E-state index contributed by atoms with van der Waals surface area (Å²) < 4.78 is 31.4. The van der Waals surface area contributed by atoms with Crippen molar-refractivity contribution in [2.24, 2.45) is 0 Å². The van der Waals surface area contributed by atoms with Crippen LogP contribution in [-0.4, -0.2) is 71.1 Å². The van der Waals surface area contributed by atoms with E-state index in [0.29, 0.717) is 25.9 Å². The maximum Gasteiger partial charge on any atom is 0.137 e. The highest BCUT2D eigenvalue weighted by atomic mass is 19.1. The van der Waals surface area contributed by atoms with Gasteiger partial charge in [-0.15, -0.1) is 5.10 Å². The normalized spacial score (nSPS) is 17.5. The molecule has 0 saturated carbocycles. The predicted molar refractivity (Wildman–Crippen MR) is 110 cm³/mol. The third kappa shape index (κ3) is 5.17. The van der Waals surface area contributed by atoms with Gasteiger partial charge in [0, 0.05) is 44.1 Å². The van der Waals surface area contributed by atoms with Gasteiger partial charge in [0.25, 0.3) is 0 Å². The number of likely N-dealkylation sites (tertiary alicyclic amines) is 1. The molecule has 2 N–H and O–H groups in total. The second-order valence-corrected chi connectivity index (χ2v) is 8.27. The number of piperidine rings is 1. The minimum absolute atomic E-state index is 0.00717. The molecule has 11 heteroatoms. The molecule has 1 aliphatic heterocycles. The number of benzene rings is 1. The Morgan fingerprint density at radius 3 is 2.66 bits per heavy atom. The molecule has 1 aromatic carbocycles. The molecule has 3 aromatic rings. The van der Waals surface area contributed by atoms with E-state index in [4.69, 9.17) is 5.11 Å². The van der Waals surface area contributed by atoms with Gasteiger partial charge in [-0.2, -0.15) is 5.10 Å². The van der Waals surface area contributed by atoms with Crippen LogP contribution in [0.2, 0.25) is 0 Å². The maximum absolute atomic E-state index is 14.6. The van der Waals surface area contributed by atoms with E-state index in [-0.39, 0.29) is 31.3 Å². The van der Waals surface area contributed by atoms with Crippen molar-refractivity contribution in [3.8, 4) is 0 Å². The van der Waals surface area contributed by atoms with E-state index in [1.807, 2.05) is 10.9 Å². The predicted octanol–water partition coefficient (Wildman–Crippen LogP) is 1.30. The first-order chi connectivity index (χ1) is 15.5. The fourth-order valence-corrected chi connectivity index (χ4v) is 4.25. The van der Waals surface area contributed by atoms with Crippen molar-refractivity contribution in [2.45, 2.75) is 43.9 Å². The average molecular weight is 447 g/mol. The molecule has 1 aliphatic rings. The van der Waals surface area contributed by atoms with E-state index >= 15 is 0 Å². The second-order valence-electron chi connectivity index (χ2n) is 8.27. The highest BCUT2D eigenvalue weighted by Gasteiger charge is 2.36. The van der Waals surface area contributed by atoms with E-state index < -0.39 is 17.2 Å². The zero-order chi connectivity index (χ0) is 22.6. The van der Waals surface area contributed by atoms with Crippen LogP contribution in [0, 0.1) is 11.6 Å². The monoisotopic (exact) mass is 447 g/mol. The third-order valence-electron chi connectivity index (χ3n) is 5.89. The van der Waals surface area contributed by atoms with Crippen LogP contribution in [0.25, 0.3) is 0 Å². The summed E-state index contributed by atoms with van der Waals surface area (Å²) in [5.74, 6) is -1.48. The fraction of sp³-hybridized carbons (Fsp3) is 0.524. The SMILES string of the molecule is OCCCc1cn(C2CCN(CC(O)(Cn3cncn3)c3ccc(F)cc3F)CC2)nn1. The summed E-state index contributed by atoms with van der Waals surface area (Å²) in [5.41, 5.74) is -0.722. The standard InChI is InChI=1S/C21H27F2N7O2/c22-16-3-4-19(20(23)10-16)21(32,13-29-15-24-14-25-29)12-28-7-5-18(6-8-28)30-11-17(26-27-30)2-1-9-31/h3-4,10-11,14-15,18,31-32H,1-2,5-9,12-13H2. The van der Waals surface area contributed by atoms with Crippen molar-refractivity contribution in [1.29, 1.82) is 0 Å². The van der Waals surface area contributed by atoms with Crippen LogP contribution in [0.3, 0.4) is 0 Å². The number of aliphatic hydroxyl groups is 2. The van der Waals surface area contributed by atoms with E-state index in [1.54, 1.807) is 0 Å². The van der Waals surface area contributed by atoms with Crippen molar-refractivity contribution >= 4 is 0 Å². The molecule has 9 nitrogen and oxygen atoms in total. The Labute approximate surface area is 184 Å². The van der Waals surface area contributed by atoms with Gasteiger partial charge in [0.15, 0.2) is 0 Å². The summed E-state index contributed by atoms with van der Waals surface area (Å²) >= 11 is 0. The molecule has 1 unspecified atom stereocenters. The first-order valence-electron chi connectivity index (χ1n) is 10.7. The van der Waals surface area contributed by atoms with Crippen molar-refractivity contribution < 1.29 is 19.0 Å². The Bertz CT molecular complexity index is 1010. The number of aliphatic hydroxyl groups excluding tert-OH is 1. The van der Waals surface area contributed by atoms with Crippen molar-refractivity contribution in [1.82, 2.24) is 34.7 Å². The molecular weight excluding hydrogens is 420 g/mol. The molecular formula is C21H27F2N7O2. The van der Waals surface area contributed by atoms with Gasteiger partial charge in [-0.05, 0) is 31.7 Å². The molecule has 0 bridgehead atoms. The molecule has 4 rings (SSSR count). The van der Waals surface area contributed by atoms with Crippen LogP contribution in [0.5, 0.6) is 0 Å². The smallest absolute Gasteiger partial charge is 0.137 e. The zero-order valence-corrected chi connectivity index (χ0v) is 17.7. The largest absolute Gasteiger partial charge is 0.396 e. The molecule has 0 amide bonds.